The van der Waals surface area contributed by atoms with E-state index in [4.69, 9.17) is 0 Å². The lowest BCUT2D eigenvalue weighted by Gasteiger charge is -2.15. The van der Waals surface area contributed by atoms with Crippen LogP contribution in [0.25, 0.3) is 0 Å². The molecular weight excluding hydrogens is 258 g/mol. The first-order chi connectivity index (χ1) is 9.60. The molecule has 106 valence electrons. The van der Waals surface area contributed by atoms with Crippen LogP contribution < -0.4 is 16.2 Å². The van der Waals surface area contributed by atoms with Crippen molar-refractivity contribution in [2.24, 2.45) is 7.05 Å². The minimum absolute atomic E-state index is 0.147. The van der Waals surface area contributed by atoms with E-state index in [0.717, 1.165) is 12.0 Å². The normalized spacial score (nSPS) is 11.9. The van der Waals surface area contributed by atoms with Crippen molar-refractivity contribution in [3.8, 4) is 0 Å². The van der Waals surface area contributed by atoms with Gasteiger partial charge in [0.1, 0.15) is 5.69 Å². The molecular formula is C13H17N5O2. The number of pyridine rings is 1. The molecule has 0 aromatic carbocycles. The number of aromatic amines is 1. The molecule has 3 N–H and O–H groups in total. The molecule has 7 heteroatoms. The number of hydrogen-bond acceptors (Lipinski definition) is 3. The van der Waals surface area contributed by atoms with Gasteiger partial charge < -0.3 is 15.6 Å². The number of rotatable bonds is 4. The van der Waals surface area contributed by atoms with Crippen molar-refractivity contribution in [3.05, 3.63) is 46.6 Å². The van der Waals surface area contributed by atoms with Gasteiger partial charge in [-0.2, -0.15) is 5.10 Å². The Bertz CT molecular complexity index is 646. The van der Waals surface area contributed by atoms with Gasteiger partial charge in [-0.15, -0.1) is 0 Å². The number of aromatic nitrogens is 3. The van der Waals surface area contributed by atoms with Crippen LogP contribution in [0.15, 0.2) is 35.5 Å². The maximum absolute atomic E-state index is 11.9. The summed E-state index contributed by atoms with van der Waals surface area (Å²) in [6.07, 6.45) is 5.80. The fraction of sp³-hybridized carbons (Fsp3) is 0.308. The van der Waals surface area contributed by atoms with Crippen molar-refractivity contribution in [1.29, 1.82) is 0 Å². The molecule has 0 aliphatic rings. The zero-order valence-electron chi connectivity index (χ0n) is 11.4. The zero-order chi connectivity index (χ0) is 14.5. The molecule has 0 saturated carbocycles. The van der Waals surface area contributed by atoms with Crippen molar-refractivity contribution in [3.63, 3.8) is 0 Å². The highest BCUT2D eigenvalue weighted by Gasteiger charge is 2.14. The van der Waals surface area contributed by atoms with E-state index in [2.05, 4.69) is 20.7 Å². The summed E-state index contributed by atoms with van der Waals surface area (Å²) >= 11 is 0. The van der Waals surface area contributed by atoms with Gasteiger partial charge in [0, 0.05) is 25.0 Å². The number of amides is 2. The maximum Gasteiger partial charge on any atom is 0.319 e. The fourth-order valence-electron chi connectivity index (χ4n) is 1.88. The smallest absolute Gasteiger partial charge is 0.319 e. The molecule has 2 rings (SSSR count). The molecule has 20 heavy (non-hydrogen) atoms. The van der Waals surface area contributed by atoms with Gasteiger partial charge in [-0.3, -0.25) is 9.48 Å². The Morgan fingerprint density at radius 1 is 1.55 bits per heavy atom. The van der Waals surface area contributed by atoms with E-state index in [1.165, 1.54) is 6.20 Å². The van der Waals surface area contributed by atoms with Crippen molar-refractivity contribution in [2.45, 2.75) is 19.4 Å². The van der Waals surface area contributed by atoms with Gasteiger partial charge in [0.2, 0.25) is 0 Å². The molecule has 2 aromatic rings. The van der Waals surface area contributed by atoms with Crippen LogP contribution in [0.4, 0.5) is 10.5 Å². The maximum atomic E-state index is 11.9. The van der Waals surface area contributed by atoms with Crippen molar-refractivity contribution >= 4 is 11.7 Å². The molecule has 0 radical (unpaired) electrons. The molecule has 0 fully saturated rings. The summed E-state index contributed by atoms with van der Waals surface area (Å²) in [5, 5.41) is 9.43. The Labute approximate surface area is 116 Å². The lowest BCUT2D eigenvalue weighted by atomic mass is 10.1. The Morgan fingerprint density at radius 2 is 2.35 bits per heavy atom. The molecule has 0 bridgehead atoms. The average Bonchev–Trinajstić information content (AvgIpc) is 2.85. The van der Waals surface area contributed by atoms with Crippen molar-refractivity contribution < 1.29 is 4.79 Å². The lowest BCUT2D eigenvalue weighted by Crippen LogP contribution is -2.33. The van der Waals surface area contributed by atoms with Gasteiger partial charge in [-0.05, 0) is 18.6 Å². The molecule has 0 saturated heterocycles. The second-order valence-corrected chi connectivity index (χ2v) is 4.42. The third kappa shape index (κ3) is 3.25. The number of carbonyl (C=O) groups is 1. The molecule has 0 aliphatic carbocycles. The molecule has 2 heterocycles. The van der Waals surface area contributed by atoms with Gasteiger partial charge in [-0.1, -0.05) is 6.92 Å². The zero-order valence-corrected chi connectivity index (χ0v) is 11.4. The summed E-state index contributed by atoms with van der Waals surface area (Å²) in [5.41, 5.74) is 0.801. The number of carbonyl (C=O) groups excluding carboxylic acids is 1. The predicted molar refractivity (Wildman–Crippen MR) is 75.5 cm³/mol. The van der Waals surface area contributed by atoms with Crippen LogP contribution in [0.1, 0.15) is 24.9 Å². The largest absolute Gasteiger partial charge is 0.331 e. The number of H-pyrrole nitrogens is 1. The van der Waals surface area contributed by atoms with Crippen LogP contribution >= 0.6 is 0 Å². The number of urea groups is 1. The highest BCUT2D eigenvalue weighted by Crippen LogP contribution is 2.15. The molecule has 2 amide bonds. The van der Waals surface area contributed by atoms with Crippen LogP contribution in [0.3, 0.4) is 0 Å². The summed E-state index contributed by atoms with van der Waals surface area (Å²) in [5.74, 6) is 0. The van der Waals surface area contributed by atoms with Crippen LogP contribution in [-0.2, 0) is 7.05 Å². The Hall–Kier alpha value is -2.57. The van der Waals surface area contributed by atoms with Crippen molar-refractivity contribution in [2.75, 3.05) is 5.32 Å². The Balaban J connectivity index is 2.03. The van der Waals surface area contributed by atoms with Gasteiger partial charge >= 0.3 is 6.03 Å². The third-order valence-electron chi connectivity index (χ3n) is 2.91. The lowest BCUT2D eigenvalue weighted by molar-refractivity contribution is 0.248. The SMILES string of the molecule is CC[C@H](NC(=O)Nc1ccc[nH]c1=O)c1cnn(C)c1. The summed E-state index contributed by atoms with van der Waals surface area (Å²) in [6, 6.07) is 2.63. The van der Waals surface area contributed by atoms with Crippen molar-refractivity contribution in [1.82, 2.24) is 20.1 Å². The number of nitrogens with zero attached hydrogens (tertiary/aromatic N) is 2. The Morgan fingerprint density at radius 3 is 2.95 bits per heavy atom. The van der Waals surface area contributed by atoms with Gasteiger partial charge in [0.25, 0.3) is 5.56 Å². The summed E-state index contributed by atoms with van der Waals surface area (Å²) < 4.78 is 1.68. The second kappa shape index (κ2) is 6.05. The monoisotopic (exact) mass is 275 g/mol. The van der Waals surface area contributed by atoms with E-state index in [1.807, 2.05) is 20.2 Å². The standard InChI is InChI=1S/C13H17N5O2/c1-3-10(9-7-15-18(2)8-9)16-13(20)17-11-5-4-6-14-12(11)19/h4-8,10H,3H2,1-2H3,(H,14,19)(H2,16,17,20)/t10-/m0/s1. The number of anilines is 1. The van der Waals surface area contributed by atoms with Gasteiger partial charge in [0.15, 0.2) is 0 Å². The van der Waals surface area contributed by atoms with E-state index < -0.39 is 6.03 Å². The molecule has 0 aliphatic heterocycles. The number of nitrogens with one attached hydrogen (secondary N) is 3. The number of hydrogen-bond donors (Lipinski definition) is 3. The van der Waals surface area contributed by atoms with Crippen LogP contribution in [0.5, 0.6) is 0 Å². The number of aryl methyl sites for hydroxylation is 1. The predicted octanol–water partition coefficient (Wildman–Crippen LogP) is 1.38. The Kier molecular flexibility index (Phi) is 4.19. The van der Waals surface area contributed by atoms with Crippen LogP contribution in [0.2, 0.25) is 0 Å². The van der Waals surface area contributed by atoms with E-state index in [0.29, 0.717) is 0 Å². The summed E-state index contributed by atoms with van der Waals surface area (Å²) in [6.45, 7) is 1.97. The second-order valence-electron chi connectivity index (χ2n) is 4.42. The van der Waals surface area contributed by atoms with E-state index in [-0.39, 0.29) is 17.3 Å². The van der Waals surface area contributed by atoms with Crippen LogP contribution in [0, 0.1) is 0 Å². The summed E-state index contributed by atoms with van der Waals surface area (Å²) in [4.78, 5) is 25.9. The topological polar surface area (TPSA) is 91.8 Å². The fourth-order valence-corrected chi connectivity index (χ4v) is 1.88. The minimum Gasteiger partial charge on any atom is -0.331 e. The molecule has 2 aromatic heterocycles. The van der Waals surface area contributed by atoms with E-state index in [1.54, 1.807) is 23.0 Å². The molecule has 7 nitrogen and oxygen atoms in total. The van der Waals surface area contributed by atoms with Gasteiger partial charge in [-0.25, -0.2) is 4.79 Å². The molecule has 0 unspecified atom stereocenters. The first kappa shape index (κ1) is 13.9. The van der Waals surface area contributed by atoms with Gasteiger partial charge in [0.05, 0.1) is 12.2 Å². The van der Waals surface area contributed by atoms with E-state index in [9.17, 15) is 9.59 Å². The van der Waals surface area contributed by atoms with Crippen LogP contribution in [-0.4, -0.2) is 20.8 Å². The molecule has 1 atom stereocenters. The highest BCUT2D eigenvalue weighted by molar-refractivity contribution is 5.89. The van der Waals surface area contributed by atoms with E-state index >= 15 is 0 Å². The quantitative estimate of drug-likeness (QED) is 0.787. The average molecular weight is 275 g/mol. The third-order valence-corrected chi connectivity index (χ3v) is 2.91. The molecule has 0 spiro atoms. The minimum atomic E-state index is -0.419. The summed E-state index contributed by atoms with van der Waals surface area (Å²) in [7, 11) is 1.82. The first-order valence-electron chi connectivity index (χ1n) is 6.34. The highest BCUT2D eigenvalue weighted by atomic mass is 16.2. The first-order valence-corrected chi connectivity index (χ1v) is 6.34.